The van der Waals surface area contributed by atoms with E-state index in [1.54, 1.807) is 24.3 Å². The van der Waals surface area contributed by atoms with E-state index in [4.69, 9.17) is 33.4 Å². The summed E-state index contributed by atoms with van der Waals surface area (Å²) < 4.78 is 51.7. The molecule has 0 heterocycles. The van der Waals surface area contributed by atoms with Gasteiger partial charge < -0.3 is 5.11 Å². The molecule has 0 unspecified atom stereocenters. The molecule has 0 amide bonds. The van der Waals surface area contributed by atoms with E-state index in [1.807, 2.05) is 0 Å². The predicted octanol–water partition coefficient (Wildman–Crippen LogP) is 3.81. The third kappa shape index (κ3) is 5.17. The predicted molar refractivity (Wildman–Crippen MR) is 117 cm³/mol. The molecule has 3 aromatic rings. The molecule has 0 radical (unpaired) electrons. The van der Waals surface area contributed by atoms with Crippen LogP contribution < -0.4 is 9.86 Å². The molecule has 0 aliphatic carbocycles. The number of carbonyl (C=O) groups is 1. The first-order valence-electron chi connectivity index (χ1n) is 8.37. The number of halogens is 2. The van der Waals surface area contributed by atoms with Gasteiger partial charge in [0.2, 0.25) is 10.0 Å². The van der Waals surface area contributed by atoms with Crippen LogP contribution in [0, 0.1) is 0 Å². The maximum atomic E-state index is 12.9. The number of hydrogen-bond donors (Lipinski definition) is 3. The molecule has 162 valence electrons. The van der Waals surface area contributed by atoms with Crippen LogP contribution >= 0.6 is 23.2 Å². The van der Waals surface area contributed by atoms with Gasteiger partial charge in [0.25, 0.3) is 10.0 Å². The highest BCUT2D eigenvalue weighted by Gasteiger charge is 2.22. The van der Waals surface area contributed by atoms with E-state index < -0.39 is 30.9 Å². The highest BCUT2D eigenvalue weighted by molar-refractivity contribution is 7.93. The van der Waals surface area contributed by atoms with Crippen LogP contribution in [0.4, 0.5) is 5.69 Å². The minimum absolute atomic E-state index is 0.168. The molecule has 0 aliphatic rings. The number of nitrogens with one attached hydrogen (secondary N) is 1. The Morgan fingerprint density at radius 3 is 2.16 bits per heavy atom. The van der Waals surface area contributed by atoms with Gasteiger partial charge in [0, 0.05) is 0 Å². The van der Waals surface area contributed by atoms with E-state index >= 15 is 0 Å². The molecule has 3 aromatic carbocycles. The third-order valence-corrected chi connectivity index (χ3v) is 7.23. The molecule has 0 aromatic heterocycles. The van der Waals surface area contributed by atoms with Crippen molar-refractivity contribution in [2.75, 3.05) is 4.72 Å². The van der Waals surface area contributed by atoms with Crippen LogP contribution in [0.5, 0.6) is 0 Å². The topological polar surface area (TPSA) is 144 Å². The molecule has 4 N–H and O–H groups in total. The average molecular weight is 501 g/mol. The number of nitrogens with two attached hydrogens (primary N) is 1. The fraction of sp³-hybridized carbons (Fsp3) is 0. The summed E-state index contributed by atoms with van der Waals surface area (Å²) >= 11 is 11.9. The number of primary sulfonamides is 1. The van der Waals surface area contributed by atoms with Crippen LogP contribution in [-0.4, -0.2) is 27.9 Å². The van der Waals surface area contributed by atoms with Crippen molar-refractivity contribution in [2.24, 2.45) is 5.14 Å². The van der Waals surface area contributed by atoms with Crippen LogP contribution in [0.25, 0.3) is 11.1 Å². The van der Waals surface area contributed by atoms with Gasteiger partial charge in [-0.3, -0.25) is 4.72 Å². The zero-order valence-corrected chi connectivity index (χ0v) is 18.6. The molecule has 8 nitrogen and oxygen atoms in total. The Kier molecular flexibility index (Phi) is 6.30. The highest BCUT2D eigenvalue weighted by atomic mass is 35.5. The standard InChI is InChI=1S/C19H14Cl2N2O6S2/c20-15-6-4-12(9-16(15)21)11-2-1-3-14(8-11)31(28,29)23-17-7-5-13(19(24)25)10-18(17)30(22,26)27/h1-10,23H,(H,24,25)(H2,22,26,27). The SMILES string of the molecule is NS(=O)(=O)c1cc(C(=O)O)ccc1NS(=O)(=O)c1cccc(-c2ccc(Cl)c(Cl)c2)c1. The van der Waals surface area contributed by atoms with Crippen molar-refractivity contribution >= 4 is 54.9 Å². The second-order valence-corrected chi connectivity index (χ2v) is 10.3. The Morgan fingerprint density at radius 2 is 1.55 bits per heavy atom. The maximum Gasteiger partial charge on any atom is 0.335 e. The van der Waals surface area contributed by atoms with Crippen LogP contribution in [0.3, 0.4) is 0 Å². The van der Waals surface area contributed by atoms with E-state index in [9.17, 15) is 21.6 Å². The Balaban J connectivity index is 2.04. The third-order valence-electron chi connectivity index (χ3n) is 4.18. The van der Waals surface area contributed by atoms with E-state index in [-0.39, 0.29) is 16.1 Å². The van der Waals surface area contributed by atoms with Gasteiger partial charge in [-0.15, -0.1) is 0 Å². The quantitative estimate of drug-likeness (QED) is 0.469. The molecular weight excluding hydrogens is 487 g/mol. The van der Waals surface area contributed by atoms with E-state index in [2.05, 4.69) is 4.72 Å². The van der Waals surface area contributed by atoms with Crippen molar-refractivity contribution in [1.82, 2.24) is 0 Å². The number of benzene rings is 3. The van der Waals surface area contributed by atoms with Crippen molar-refractivity contribution in [3.8, 4) is 11.1 Å². The van der Waals surface area contributed by atoms with Crippen molar-refractivity contribution in [1.29, 1.82) is 0 Å². The van der Waals surface area contributed by atoms with Gasteiger partial charge in [-0.25, -0.2) is 26.8 Å². The fourth-order valence-corrected chi connectivity index (χ4v) is 4.90. The molecule has 12 heteroatoms. The summed E-state index contributed by atoms with van der Waals surface area (Å²) in [6.45, 7) is 0. The molecule has 0 saturated heterocycles. The normalized spacial score (nSPS) is 11.8. The fourth-order valence-electron chi connectivity index (χ4n) is 2.70. The Labute approximate surface area is 188 Å². The molecular formula is C19H14Cl2N2O6S2. The number of rotatable bonds is 6. The minimum Gasteiger partial charge on any atom is -0.478 e. The van der Waals surface area contributed by atoms with Crippen molar-refractivity contribution in [2.45, 2.75) is 9.79 Å². The zero-order valence-electron chi connectivity index (χ0n) is 15.4. The molecule has 3 rings (SSSR count). The first-order chi connectivity index (χ1) is 14.4. The molecule has 31 heavy (non-hydrogen) atoms. The lowest BCUT2D eigenvalue weighted by Gasteiger charge is -2.13. The number of sulfonamides is 2. The lowest BCUT2D eigenvalue weighted by Crippen LogP contribution is -2.19. The lowest BCUT2D eigenvalue weighted by atomic mass is 10.1. The van der Waals surface area contributed by atoms with Crippen LogP contribution in [0.15, 0.2) is 70.5 Å². The Hall–Kier alpha value is -2.63. The summed E-state index contributed by atoms with van der Waals surface area (Å²) in [6.07, 6.45) is 0. The number of carboxylic acids is 1. The number of hydrogen-bond acceptors (Lipinski definition) is 5. The van der Waals surface area contributed by atoms with Crippen molar-refractivity contribution in [3.05, 3.63) is 76.3 Å². The minimum atomic E-state index is -4.42. The molecule has 0 atom stereocenters. The summed E-state index contributed by atoms with van der Waals surface area (Å²) in [6, 6.07) is 13.5. The van der Waals surface area contributed by atoms with Gasteiger partial charge in [-0.05, 0) is 53.6 Å². The second-order valence-electron chi connectivity index (χ2n) is 6.32. The zero-order chi connectivity index (χ0) is 23.0. The smallest absolute Gasteiger partial charge is 0.335 e. The van der Waals surface area contributed by atoms with Gasteiger partial charge in [0.15, 0.2) is 0 Å². The summed E-state index contributed by atoms with van der Waals surface area (Å²) in [5.74, 6) is -1.39. The lowest BCUT2D eigenvalue weighted by molar-refractivity contribution is 0.0696. The van der Waals surface area contributed by atoms with E-state index in [0.29, 0.717) is 21.2 Å². The van der Waals surface area contributed by atoms with Crippen molar-refractivity contribution in [3.63, 3.8) is 0 Å². The second kappa shape index (κ2) is 8.48. The number of aromatic carboxylic acids is 1. The summed E-state index contributed by atoms with van der Waals surface area (Å²) in [7, 11) is -8.68. The van der Waals surface area contributed by atoms with Crippen LogP contribution in [0.2, 0.25) is 10.0 Å². The molecule has 0 saturated carbocycles. The number of anilines is 1. The van der Waals surface area contributed by atoms with E-state index in [1.165, 1.54) is 18.2 Å². The summed E-state index contributed by atoms with van der Waals surface area (Å²) in [5.41, 5.74) is 0.387. The van der Waals surface area contributed by atoms with Crippen LogP contribution in [0.1, 0.15) is 10.4 Å². The van der Waals surface area contributed by atoms with Gasteiger partial charge in [-0.1, -0.05) is 41.4 Å². The van der Waals surface area contributed by atoms with Gasteiger partial charge in [0.1, 0.15) is 4.90 Å². The molecule has 0 fully saturated rings. The average Bonchev–Trinajstić information content (AvgIpc) is 2.69. The molecule has 0 aliphatic heterocycles. The van der Waals surface area contributed by atoms with Gasteiger partial charge in [0.05, 0.1) is 26.2 Å². The summed E-state index contributed by atoms with van der Waals surface area (Å²) in [5, 5.41) is 14.8. The van der Waals surface area contributed by atoms with Gasteiger partial charge in [-0.2, -0.15) is 0 Å². The monoisotopic (exact) mass is 500 g/mol. The largest absolute Gasteiger partial charge is 0.478 e. The Morgan fingerprint density at radius 1 is 0.871 bits per heavy atom. The number of carboxylic acid groups (broad SMARTS) is 1. The van der Waals surface area contributed by atoms with Crippen LogP contribution in [-0.2, 0) is 20.0 Å². The van der Waals surface area contributed by atoms with Gasteiger partial charge >= 0.3 is 5.97 Å². The first-order valence-corrected chi connectivity index (χ1v) is 12.2. The highest BCUT2D eigenvalue weighted by Crippen LogP contribution is 2.30. The van der Waals surface area contributed by atoms with Crippen molar-refractivity contribution < 1.29 is 26.7 Å². The summed E-state index contributed by atoms with van der Waals surface area (Å²) in [4.78, 5) is 10.3. The first kappa shape index (κ1) is 23.0. The molecule has 0 spiro atoms. The maximum absolute atomic E-state index is 12.9. The molecule has 0 bridgehead atoms. The Bertz CT molecular complexity index is 1410. The van der Waals surface area contributed by atoms with E-state index in [0.717, 1.165) is 18.2 Å².